The van der Waals surface area contributed by atoms with E-state index in [0.29, 0.717) is 36.3 Å². The maximum absolute atomic E-state index is 7.76. The van der Waals surface area contributed by atoms with Crippen molar-refractivity contribution in [3.8, 4) is 16.9 Å². The summed E-state index contributed by atoms with van der Waals surface area (Å²) in [6, 6.07) is 23.2. The number of H-pyrrole nitrogens is 1. The number of aryl methyl sites for hydroxylation is 1. The molecule has 0 bridgehead atoms. The van der Waals surface area contributed by atoms with E-state index in [9.17, 15) is 0 Å². The first-order valence-corrected chi connectivity index (χ1v) is 9.91. The molecule has 7 heteroatoms. The number of ether oxygens (including phenoxy) is 1. The third kappa shape index (κ3) is 5.00. The third-order valence-electron chi connectivity index (χ3n) is 4.56. The zero-order valence-corrected chi connectivity index (χ0v) is 17.1. The van der Waals surface area contributed by atoms with Gasteiger partial charge in [0, 0.05) is 18.3 Å². The Balaban J connectivity index is 1.60. The molecular formula is C24H22N6O. The first-order valence-electron chi connectivity index (χ1n) is 9.91. The molecular weight excluding hydrogens is 388 g/mol. The molecule has 31 heavy (non-hydrogen) atoms. The Morgan fingerprint density at radius 3 is 2.42 bits per heavy atom. The van der Waals surface area contributed by atoms with Crippen LogP contribution in [-0.4, -0.2) is 28.3 Å². The highest BCUT2D eigenvalue weighted by atomic mass is 16.5. The number of aromatic nitrogens is 3. The summed E-state index contributed by atoms with van der Waals surface area (Å²) >= 11 is 0. The lowest BCUT2D eigenvalue weighted by Gasteiger charge is -2.15. The summed E-state index contributed by atoms with van der Waals surface area (Å²) in [5.41, 5.74) is 3.15. The number of benzene rings is 2. The summed E-state index contributed by atoms with van der Waals surface area (Å²) in [5, 5.41) is 13.6. The van der Waals surface area contributed by atoms with Gasteiger partial charge in [-0.1, -0.05) is 48.5 Å². The first kappa shape index (κ1) is 20.0. The molecule has 0 fully saturated rings. The van der Waals surface area contributed by atoms with Crippen LogP contribution in [0.3, 0.4) is 0 Å². The molecule has 2 aromatic carbocycles. The zero-order valence-electron chi connectivity index (χ0n) is 17.1. The molecule has 0 aliphatic rings. The highest BCUT2D eigenvalue weighted by molar-refractivity contribution is 5.88. The van der Waals surface area contributed by atoms with Gasteiger partial charge in [-0.3, -0.25) is 5.10 Å². The van der Waals surface area contributed by atoms with Gasteiger partial charge in [-0.05, 0) is 36.2 Å². The third-order valence-corrected chi connectivity index (χ3v) is 4.56. The van der Waals surface area contributed by atoms with Crippen molar-refractivity contribution in [2.24, 2.45) is 0 Å². The summed E-state index contributed by atoms with van der Waals surface area (Å²) < 4.78 is 5.75. The molecule has 0 aliphatic heterocycles. The first-order chi connectivity index (χ1) is 15.2. The summed E-state index contributed by atoms with van der Waals surface area (Å²) in [7, 11) is 0. The topological polar surface area (TPSA) is 79.2 Å². The maximum Gasteiger partial charge on any atom is 0.235 e. The minimum Gasteiger partial charge on any atom is -0.492 e. The smallest absolute Gasteiger partial charge is 0.235 e. The van der Waals surface area contributed by atoms with Gasteiger partial charge in [-0.15, -0.1) is 0 Å². The number of anilines is 3. The fraction of sp³-hybridized carbons (Fsp3) is 0.125. The number of aromatic amines is 1. The van der Waals surface area contributed by atoms with Gasteiger partial charge in [0.05, 0.1) is 6.57 Å². The number of rotatable bonds is 8. The number of hydrogen-bond acceptors (Lipinski definition) is 5. The summed E-state index contributed by atoms with van der Waals surface area (Å²) in [6.45, 7) is 10.6. The van der Waals surface area contributed by atoms with Crippen LogP contribution in [-0.2, 0) is 0 Å². The molecule has 0 atom stereocenters. The van der Waals surface area contributed by atoms with Crippen molar-refractivity contribution in [3.63, 3.8) is 0 Å². The van der Waals surface area contributed by atoms with Gasteiger partial charge in [0.2, 0.25) is 5.69 Å². The van der Waals surface area contributed by atoms with E-state index in [2.05, 4.69) is 30.7 Å². The lowest BCUT2D eigenvalue weighted by Crippen LogP contribution is -2.13. The monoisotopic (exact) mass is 410 g/mol. The Bertz CT molecular complexity index is 1180. The van der Waals surface area contributed by atoms with Gasteiger partial charge in [-0.2, -0.15) is 5.10 Å². The second kappa shape index (κ2) is 9.46. The van der Waals surface area contributed by atoms with E-state index >= 15 is 0 Å². The number of nitrogens with one attached hydrogen (secondary N) is 3. The lowest BCUT2D eigenvalue weighted by molar-refractivity contribution is 0.333. The second-order valence-electron chi connectivity index (χ2n) is 6.88. The lowest BCUT2D eigenvalue weighted by atomic mass is 10.0. The van der Waals surface area contributed by atoms with Crippen LogP contribution in [0.5, 0.6) is 5.75 Å². The minimum absolute atomic E-state index is 0.444. The van der Waals surface area contributed by atoms with Crippen LogP contribution in [0, 0.1) is 13.5 Å². The largest absolute Gasteiger partial charge is 0.492 e. The van der Waals surface area contributed by atoms with Crippen molar-refractivity contribution in [2.45, 2.75) is 6.92 Å². The molecule has 7 nitrogen and oxygen atoms in total. The van der Waals surface area contributed by atoms with Gasteiger partial charge >= 0.3 is 0 Å². The van der Waals surface area contributed by atoms with Gasteiger partial charge in [0.1, 0.15) is 24.0 Å². The van der Waals surface area contributed by atoms with Crippen LogP contribution < -0.4 is 15.4 Å². The normalized spacial score (nSPS) is 10.3. The molecule has 0 amide bonds. The summed E-state index contributed by atoms with van der Waals surface area (Å²) in [6.07, 6.45) is 0. The highest BCUT2D eigenvalue weighted by Gasteiger charge is 2.15. The van der Waals surface area contributed by atoms with E-state index in [1.807, 2.05) is 79.7 Å². The average Bonchev–Trinajstić information content (AvgIpc) is 3.22. The summed E-state index contributed by atoms with van der Waals surface area (Å²) in [4.78, 5) is 8.40. The van der Waals surface area contributed by atoms with E-state index in [0.717, 1.165) is 22.6 Å². The van der Waals surface area contributed by atoms with Gasteiger partial charge in [0.15, 0.2) is 5.82 Å². The van der Waals surface area contributed by atoms with Crippen molar-refractivity contribution >= 4 is 23.1 Å². The fourth-order valence-corrected chi connectivity index (χ4v) is 3.14. The molecule has 0 unspecified atom stereocenters. The molecule has 2 heterocycles. The zero-order chi connectivity index (χ0) is 21.5. The number of pyridine rings is 1. The Hall–Kier alpha value is -4.31. The standard InChI is InChI=1S/C24H22N6O/c1-17-15-22(30-29-17)27-21-16-20(18-9-5-3-6-10-18)23(25-2)24(28-21)26-13-14-31-19-11-7-4-8-12-19/h3-12,15-16H,13-14H2,1H3,(H3,26,27,28,29,30). The molecule has 154 valence electrons. The molecule has 4 aromatic rings. The maximum atomic E-state index is 7.76. The Kier molecular flexibility index (Phi) is 6.10. The Labute approximate surface area is 180 Å². The van der Waals surface area contributed by atoms with Crippen molar-refractivity contribution in [3.05, 3.63) is 89.9 Å². The predicted octanol–water partition coefficient (Wildman–Crippen LogP) is 5.57. The van der Waals surface area contributed by atoms with E-state index < -0.39 is 0 Å². The van der Waals surface area contributed by atoms with Crippen LogP contribution in [0.2, 0.25) is 0 Å². The SMILES string of the molecule is [C-]#[N+]c1c(-c2ccccc2)cc(Nc2cc(C)[nH]n2)nc1NCCOc1ccccc1. The molecule has 4 rings (SSSR count). The molecule has 0 saturated carbocycles. The van der Waals surface area contributed by atoms with Crippen LogP contribution in [0.4, 0.5) is 23.1 Å². The van der Waals surface area contributed by atoms with Crippen LogP contribution in [0.15, 0.2) is 72.8 Å². The van der Waals surface area contributed by atoms with Crippen molar-refractivity contribution < 1.29 is 4.74 Å². The molecule has 0 spiro atoms. The molecule has 2 aromatic heterocycles. The second-order valence-corrected chi connectivity index (χ2v) is 6.88. The van der Waals surface area contributed by atoms with Crippen molar-refractivity contribution in [2.75, 3.05) is 23.8 Å². The molecule has 0 saturated heterocycles. The number of para-hydroxylation sites is 1. The van der Waals surface area contributed by atoms with E-state index in [-0.39, 0.29) is 0 Å². The van der Waals surface area contributed by atoms with Gasteiger partial charge in [-0.25, -0.2) is 9.83 Å². The van der Waals surface area contributed by atoms with E-state index in [4.69, 9.17) is 11.3 Å². The molecule has 0 aliphatic carbocycles. The molecule has 0 radical (unpaired) electrons. The fourth-order valence-electron chi connectivity index (χ4n) is 3.14. The van der Waals surface area contributed by atoms with Crippen LogP contribution in [0.25, 0.3) is 16.0 Å². The summed E-state index contributed by atoms with van der Waals surface area (Å²) in [5.74, 6) is 2.57. The minimum atomic E-state index is 0.444. The van der Waals surface area contributed by atoms with E-state index in [1.165, 1.54) is 0 Å². The van der Waals surface area contributed by atoms with E-state index in [1.54, 1.807) is 0 Å². The van der Waals surface area contributed by atoms with Crippen molar-refractivity contribution in [1.82, 2.24) is 15.2 Å². The van der Waals surface area contributed by atoms with Gasteiger partial charge < -0.3 is 15.4 Å². The highest BCUT2D eigenvalue weighted by Crippen LogP contribution is 2.38. The Morgan fingerprint density at radius 2 is 1.74 bits per heavy atom. The average molecular weight is 410 g/mol. The quantitative estimate of drug-likeness (QED) is 0.262. The van der Waals surface area contributed by atoms with Crippen LogP contribution in [0.1, 0.15) is 5.69 Å². The molecule has 3 N–H and O–H groups in total. The predicted molar refractivity (Wildman–Crippen MR) is 123 cm³/mol. The number of nitrogens with zero attached hydrogens (tertiary/aromatic N) is 3. The Morgan fingerprint density at radius 1 is 1.00 bits per heavy atom. The number of hydrogen-bond donors (Lipinski definition) is 3. The van der Waals surface area contributed by atoms with Gasteiger partial charge in [0.25, 0.3) is 0 Å². The van der Waals surface area contributed by atoms with Crippen molar-refractivity contribution in [1.29, 1.82) is 0 Å². The van der Waals surface area contributed by atoms with Crippen LogP contribution >= 0.6 is 0 Å².